The zero-order valence-electron chi connectivity index (χ0n) is 27.1. The number of hydrogen-bond donors (Lipinski definition) is 0. The Morgan fingerprint density at radius 2 is 1.20 bits per heavy atom. The number of aromatic nitrogens is 6. The third-order valence-corrected chi connectivity index (χ3v) is 8.90. The maximum Gasteiger partial charge on any atom is 0.261 e. The van der Waals surface area contributed by atoms with E-state index in [1.54, 1.807) is 18.5 Å². The van der Waals surface area contributed by atoms with Gasteiger partial charge < -0.3 is 0 Å². The van der Waals surface area contributed by atoms with Gasteiger partial charge in [-0.2, -0.15) is 0 Å². The second kappa shape index (κ2) is 16.1. The Kier molecular flexibility index (Phi) is 11.0. The average Bonchev–Trinajstić information content (AvgIpc) is 3.53. The van der Waals surface area contributed by atoms with Crippen molar-refractivity contribution in [2.45, 2.75) is 64.5 Å². The first kappa shape index (κ1) is 33.5. The number of halogens is 1. The molecule has 0 fully saturated rings. The Bertz CT molecular complexity index is 2320. The van der Waals surface area contributed by atoms with Crippen LogP contribution in [-0.4, -0.2) is 29.1 Å². The minimum absolute atomic E-state index is 0.0705. The Balaban J connectivity index is 0.000000144. The fraction of sp³-hybridized carbons (Fsp3) is 0.250. The van der Waals surface area contributed by atoms with Gasteiger partial charge in [-0.3, -0.25) is 18.7 Å². The van der Waals surface area contributed by atoms with Crippen LogP contribution in [0.5, 0.6) is 0 Å². The largest absolute Gasteiger partial charge is 0.296 e. The molecule has 0 N–H and O–H groups in total. The van der Waals surface area contributed by atoms with Crippen molar-refractivity contribution in [1.29, 1.82) is 0 Å². The van der Waals surface area contributed by atoms with E-state index in [4.69, 9.17) is 11.4 Å². The SMILES string of the molecule is C#Cc1ccccn1.O=c1c2ccc(Br)cc2nc2n1CCCCC2.O=c1c2ccc(C#Cc3ccccn3)cc2nc2n1CCCCC2. The molecule has 9 heteroatoms. The highest BCUT2D eigenvalue weighted by Gasteiger charge is 2.15. The molecular weight excluding hydrogens is 676 g/mol. The maximum absolute atomic E-state index is 12.7. The summed E-state index contributed by atoms with van der Waals surface area (Å²) in [6.45, 7) is 1.59. The van der Waals surface area contributed by atoms with Crippen LogP contribution in [0.3, 0.4) is 0 Å². The molecule has 0 atom stereocenters. The lowest BCUT2D eigenvalue weighted by molar-refractivity contribution is 0.614. The molecule has 0 aliphatic carbocycles. The van der Waals surface area contributed by atoms with Crippen LogP contribution in [-0.2, 0) is 25.9 Å². The van der Waals surface area contributed by atoms with Crippen LogP contribution >= 0.6 is 15.9 Å². The number of pyridine rings is 2. The fourth-order valence-corrected chi connectivity index (χ4v) is 6.26. The molecular formula is C40H35BrN6O2. The number of hydrogen-bond acceptors (Lipinski definition) is 6. The molecule has 0 radical (unpaired) electrons. The lowest BCUT2D eigenvalue weighted by atomic mass is 10.1. The van der Waals surface area contributed by atoms with Crippen LogP contribution in [0.4, 0.5) is 0 Å². The summed E-state index contributed by atoms with van der Waals surface area (Å²) < 4.78 is 4.66. The molecule has 0 saturated heterocycles. The van der Waals surface area contributed by atoms with E-state index in [1.807, 2.05) is 75.9 Å². The van der Waals surface area contributed by atoms with E-state index in [2.05, 4.69) is 48.6 Å². The smallest absolute Gasteiger partial charge is 0.261 e. The van der Waals surface area contributed by atoms with E-state index in [1.165, 1.54) is 6.42 Å². The van der Waals surface area contributed by atoms with Crippen LogP contribution in [0.15, 0.2) is 99.3 Å². The quantitative estimate of drug-likeness (QED) is 0.160. The lowest BCUT2D eigenvalue weighted by Gasteiger charge is -2.10. The van der Waals surface area contributed by atoms with Crippen molar-refractivity contribution in [3.8, 4) is 24.2 Å². The predicted octanol–water partition coefficient (Wildman–Crippen LogP) is 6.87. The molecule has 0 unspecified atom stereocenters. The minimum atomic E-state index is 0.0705. The van der Waals surface area contributed by atoms with E-state index in [0.29, 0.717) is 11.1 Å². The summed E-state index contributed by atoms with van der Waals surface area (Å²) in [5.74, 6) is 10.4. The van der Waals surface area contributed by atoms with Gasteiger partial charge in [0, 0.05) is 48.4 Å². The first-order valence-electron chi connectivity index (χ1n) is 16.5. The molecule has 244 valence electrons. The molecule has 4 aromatic heterocycles. The van der Waals surface area contributed by atoms with Crippen molar-refractivity contribution in [2.75, 3.05) is 0 Å². The minimum Gasteiger partial charge on any atom is -0.296 e. The van der Waals surface area contributed by atoms with Gasteiger partial charge in [-0.25, -0.2) is 19.9 Å². The Labute approximate surface area is 293 Å². The third kappa shape index (κ3) is 8.38. The van der Waals surface area contributed by atoms with Gasteiger partial charge in [-0.05, 0) is 92.3 Å². The van der Waals surface area contributed by atoms with Crippen LogP contribution in [0.2, 0.25) is 0 Å². The third-order valence-electron chi connectivity index (χ3n) is 8.41. The predicted molar refractivity (Wildman–Crippen MR) is 197 cm³/mol. The van der Waals surface area contributed by atoms with Crippen molar-refractivity contribution in [3.05, 3.63) is 139 Å². The van der Waals surface area contributed by atoms with Crippen LogP contribution in [0.25, 0.3) is 21.8 Å². The molecule has 2 aliphatic heterocycles. The molecule has 2 aliphatic rings. The molecule has 6 aromatic rings. The van der Waals surface area contributed by atoms with E-state index < -0.39 is 0 Å². The molecule has 0 spiro atoms. The Morgan fingerprint density at radius 1 is 0.633 bits per heavy atom. The van der Waals surface area contributed by atoms with Gasteiger partial charge in [0.25, 0.3) is 11.1 Å². The summed E-state index contributed by atoms with van der Waals surface area (Å²) in [5.41, 5.74) is 3.98. The number of fused-ring (bicyclic) bond motifs is 4. The Hall–Kier alpha value is -5.38. The van der Waals surface area contributed by atoms with Crippen molar-refractivity contribution in [2.24, 2.45) is 0 Å². The van der Waals surface area contributed by atoms with Crippen molar-refractivity contribution >= 4 is 37.7 Å². The average molecular weight is 712 g/mol. The molecule has 0 saturated carbocycles. The van der Waals surface area contributed by atoms with E-state index in [-0.39, 0.29) is 11.1 Å². The van der Waals surface area contributed by atoms with E-state index in [0.717, 1.165) is 102 Å². The zero-order valence-corrected chi connectivity index (χ0v) is 28.7. The highest BCUT2D eigenvalue weighted by molar-refractivity contribution is 9.10. The van der Waals surface area contributed by atoms with Gasteiger partial charge >= 0.3 is 0 Å². The topological polar surface area (TPSA) is 95.6 Å². The van der Waals surface area contributed by atoms with Crippen LogP contribution in [0.1, 0.15) is 67.1 Å². The number of aryl methyl sites for hydroxylation is 2. The normalized spacial score (nSPS) is 13.4. The number of benzene rings is 2. The number of nitrogens with zero attached hydrogens (tertiary/aromatic N) is 6. The highest BCUT2D eigenvalue weighted by atomic mass is 79.9. The van der Waals surface area contributed by atoms with Crippen LogP contribution < -0.4 is 11.1 Å². The lowest BCUT2D eigenvalue weighted by Crippen LogP contribution is -2.24. The summed E-state index contributed by atoms with van der Waals surface area (Å²) >= 11 is 3.42. The monoisotopic (exact) mass is 710 g/mol. The van der Waals surface area contributed by atoms with E-state index in [9.17, 15) is 9.59 Å². The maximum atomic E-state index is 12.7. The molecule has 0 amide bonds. The zero-order chi connectivity index (χ0) is 34.0. The summed E-state index contributed by atoms with van der Waals surface area (Å²) in [5, 5.41) is 1.39. The van der Waals surface area contributed by atoms with Crippen LogP contribution in [0, 0.1) is 24.2 Å². The summed E-state index contributed by atoms with van der Waals surface area (Å²) in [6, 6.07) is 22.4. The highest BCUT2D eigenvalue weighted by Crippen LogP contribution is 2.19. The standard InChI is InChI=1S/C20H17N3O.C13H13BrN2O.C7H5N/c24-20-17-11-9-15(8-10-16-6-3-4-12-21-16)14-18(17)22-19-7-2-1-5-13-23(19)20;14-9-5-6-10-11(8-9)15-12-4-2-1-3-7-16(12)13(10)17;1-2-7-5-3-4-6-8-7/h3-4,6,9,11-12,14H,1-2,5,7,13H2;5-6,8H,1-4,7H2;1,3-6H. The Morgan fingerprint density at radius 3 is 1.76 bits per heavy atom. The van der Waals surface area contributed by atoms with Crippen molar-refractivity contribution in [3.63, 3.8) is 0 Å². The molecule has 8 rings (SSSR count). The van der Waals surface area contributed by atoms with Gasteiger partial charge in [0.1, 0.15) is 23.0 Å². The first-order chi connectivity index (χ1) is 24.0. The fourth-order valence-electron chi connectivity index (χ4n) is 5.91. The second-order valence-electron chi connectivity index (χ2n) is 11.8. The summed E-state index contributed by atoms with van der Waals surface area (Å²) in [6.07, 6.45) is 16.9. The van der Waals surface area contributed by atoms with Gasteiger partial charge in [0.05, 0.1) is 21.8 Å². The molecule has 6 heterocycles. The van der Waals surface area contributed by atoms with Crippen molar-refractivity contribution < 1.29 is 0 Å². The molecule has 2 aromatic carbocycles. The van der Waals surface area contributed by atoms with Gasteiger partial charge in [-0.1, -0.05) is 52.7 Å². The number of rotatable bonds is 0. The number of terminal acetylenes is 1. The molecule has 0 bridgehead atoms. The van der Waals surface area contributed by atoms with Crippen molar-refractivity contribution in [1.82, 2.24) is 29.1 Å². The van der Waals surface area contributed by atoms with Gasteiger partial charge in [0.15, 0.2) is 0 Å². The second-order valence-corrected chi connectivity index (χ2v) is 12.7. The summed E-state index contributed by atoms with van der Waals surface area (Å²) in [7, 11) is 0. The first-order valence-corrected chi connectivity index (χ1v) is 17.3. The summed E-state index contributed by atoms with van der Waals surface area (Å²) in [4.78, 5) is 42.5. The molecule has 8 nitrogen and oxygen atoms in total. The van der Waals surface area contributed by atoms with E-state index >= 15 is 0 Å². The van der Waals surface area contributed by atoms with Gasteiger partial charge in [-0.15, -0.1) is 6.42 Å². The molecule has 49 heavy (non-hydrogen) atoms. The van der Waals surface area contributed by atoms with Gasteiger partial charge in [0.2, 0.25) is 0 Å².